The first-order chi connectivity index (χ1) is 6.19. The van der Waals surface area contributed by atoms with Crippen molar-refractivity contribution in [2.75, 3.05) is 7.11 Å². The van der Waals surface area contributed by atoms with Crippen molar-refractivity contribution in [1.29, 1.82) is 0 Å². The average Bonchev–Trinajstić information content (AvgIpc) is 2.04. The van der Waals surface area contributed by atoms with E-state index in [1.807, 2.05) is 0 Å². The second kappa shape index (κ2) is 4.09. The van der Waals surface area contributed by atoms with Gasteiger partial charge in [0.2, 0.25) is 0 Å². The molecule has 0 heterocycles. The Morgan fingerprint density at radius 1 is 1.62 bits per heavy atom. The Labute approximate surface area is 79.9 Å². The fraction of sp³-hybridized carbons (Fsp3) is 0.125. The lowest BCUT2D eigenvalue weighted by Crippen LogP contribution is -1.93. The molecule has 0 aromatic heterocycles. The minimum Gasteiger partial charge on any atom is -0.492 e. The van der Waals surface area contributed by atoms with Crippen LogP contribution in [0.5, 0.6) is 5.75 Å². The molecule has 13 heavy (non-hydrogen) atoms. The highest BCUT2D eigenvalue weighted by Gasteiger charge is 2.08. The summed E-state index contributed by atoms with van der Waals surface area (Å²) >= 11 is 5.70. The van der Waals surface area contributed by atoms with Gasteiger partial charge in [-0.3, -0.25) is 0 Å². The van der Waals surface area contributed by atoms with Gasteiger partial charge in [0, 0.05) is 0 Å². The third kappa shape index (κ3) is 2.09. The molecule has 0 saturated heterocycles. The van der Waals surface area contributed by atoms with E-state index < -0.39 is 5.82 Å². The van der Waals surface area contributed by atoms with Gasteiger partial charge in [-0.15, -0.1) is 0 Å². The molecule has 0 unspecified atom stereocenters. The van der Waals surface area contributed by atoms with Gasteiger partial charge in [-0.2, -0.15) is 5.10 Å². The predicted octanol–water partition coefficient (Wildman–Crippen LogP) is 1.78. The quantitative estimate of drug-likeness (QED) is 0.452. The topological polar surface area (TPSA) is 47.6 Å². The SMILES string of the molecule is COc1c(F)cc(C=NN)cc1Cl. The monoisotopic (exact) mass is 202 g/mol. The van der Waals surface area contributed by atoms with Crippen LogP contribution in [0.25, 0.3) is 0 Å². The average molecular weight is 203 g/mol. The standard InChI is InChI=1S/C8H8ClFN2O/c1-13-8-6(9)2-5(4-12-11)3-7(8)10/h2-4H,11H2,1H3. The summed E-state index contributed by atoms with van der Waals surface area (Å²) in [5.41, 5.74) is 0.491. The molecule has 1 aromatic rings. The largest absolute Gasteiger partial charge is 0.492 e. The van der Waals surface area contributed by atoms with Crippen LogP contribution in [0.15, 0.2) is 17.2 Å². The third-order valence-electron chi connectivity index (χ3n) is 1.45. The van der Waals surface area contributed by atoms with Crippen molar-refractivity contribution in [3.05, 3.63) is 28.5 Å². The Kier molecular flexibility index (Phi) is 3.08. The van der Waals surface area contributed by atoms with E-state index >= 15 is 0 Å². The molecule has 0 spiro atoms. The highest BCUT2D eigenvalue weighted by Crippen LogP contribution is 2.28. The molecule has 0 atom stereocenters. The van der Waals surface area contributed by atoms with Crippen LogP contribution in [0.2, 0.25) is 5.02 Å². The van der Waals surface area contributed by atoms with Crippen molar-refractivity contribution < 1.29 is 9.13 Å². The van der Waals surface area contributed by atoms with Crippen molar-refractivity contribution in [3.8, 4) is 5.75 Å². The molecule has 2 N–H and O–H groups in total. The molecule has 1 aromatic carbocycles. The van der Waals surface area contributed by atoms with Gasteiger partial charge >= 0.3 is 0 Å². The van der Waals surface area contributed by atoms with E-state index in [1.54, 1.807) is 0 Å². The molecule has 3 nitrogen and oxygen atoms in total. The lowest BCUT2D eigenvalue weighted by Gasteiger charge is -2.04. The van der Waals surface area contributed by atoms with Crippen LogP contribution in [-0.4, -0.2) is 13.3 Å². The number of hydrogen-bond acceptors (Lipinski definition) is 3. The molecular formula is C8H8ClFN2O. The number of rotatable bonds is 2. The van der Waals surface area contributed by atoms with Crippen molar-refractivity contribution in [2.45, 2.75) is 0 Å². The lowest BCUT2D eigenvalue weighted by atomic mass is 10.2. The van der Waals surface area contributed by atoms with Crippen molar-refractivity contribution in [1.82, 2.24) is 0 Å². The van der Waals surface area contributed by atoms with Gasteiger partial charge in [0.05, 0.1) is 18.3 Å². The highest BCUT2D eigenvalue weighted by molar-refractivity contribution is 6.32. The van der Waals surface area contributed by atoms with Crippen LogP contribution in [0, 0.1) is 5.82 Å². The van der Waals surface area contributed by atoms with E-state index in [-0.39, 0.29) is 10.8 Å². The molecule has 5 heteroatoms. The molecule has 0 aliphatic rings. The zero-order valence-corrected chi connectivity index (χ0v) is 7.68. The molecule has 0 fully saturated rings. The molecule has 70 valence electrons. The first kappa shape index (κ1) is 9.80. The first-order valence-electron chi connectivity index (χ1n) is 3.45. The van der Waals surface area contributed by atoms with Gasteiger partial charge < -0.3 is 10.6 Å². The number of nitrogens with two attached hydrogens (primary N) is 1. The number of hydrazone groups is 1. The Hall–Kier alpha value is -1.29. The number of nitrogens with zero attached hydrogens (tertiary/aromatic N) is 1. The smallest absolute Gasteiger partial charge is 0.173 e. The number of methoxy groups -OCH3 is 1. The summed E-state index contributed by atoms with van der Waals surface area (Å²) in [7, 11) is 1.35. The second-order valence-electron chi connectivity index (χ2n) is 2.30. The maximum absolute atomic E-state index is 13.1. The van der Waals surface area contributed by atoms with Crippen LogP contribution in [0.4, 0.5) is 4.39 Å². The van der Waals surface area contributed by atoms with E-state index in [0.29, 0.717) is 5.56 Å². The first-order valence-corrected chi connectivity index (χ1v) is 3.83. The van der Waals surface area contributed by atoms with Crippen molar-refractivity contribution >= 4 is 17.8 Å². The highest BCUT2D eigenvalue weighted by atomic mass is 35.5. The van der Waals surface area contributed by atoms with Crippen LogP contribution in [0.1, 0.15) is 5.56 Å². The van der Waals surface area contributed by atoms with Crippen LogP contribution >= 0.6 is 11.6 Å². The summed E-state index contributed by atoms with van der Waals surface area (Å²) in [4.78, 5) is 0. The lowest BCUT2D eigenvalue weighted by molar-refractivity contribution is 0.387. The summed E-state index contributed by atoms with van der Waals surface area (Å²) in [5, 5.41) is 3.44. The van der Waals surface area contributed by atoms with Crippen LogP contribution in [-0.2, 0) is 0 Å². The Balaban J connectivity index is 3.20. The maximum Gasteiger partial charge on any atom is 0.173 e. The van der Waals surface area contributed by atoms with E-state index in [4.69, 9.17) is 22.2 Å². The fourth-order valence-electron chi connectivity index (χ4n) is 0.935. The minimum absolute atomic E-state index is 0.0239. The number of halogens is 2. The summed E-state index contributed by atoms with van der Waals surface area (Å²) in [6.07, 6.45) is 1.30. The minimum atomic E-state index is -0.537. The maximum atomic E-state index is 13.1. The summed E-state index contributed by atoms with van der Waals surface area (Å²) in [6.45, 7) is 0. The Morgan fingerprint density at radius 3 is 2.77 bits per heavy atom. The summed E-state index contributed by atoms with van der Waals surface area (Å²) in [5.74, 6) is 4.39. The van der Waals surface area contributed by atoms with Crippen LogP contribution < -0.4 is 10.6 Å². The number of hydrogen-bond donors (Lipinski definition) is 1. The van der Waals surface area contributed by atoms with E-state index in [9.17, 15) is 4.39 Å². The summed E-state index contributed by atoms with van der Waals surface area (Å²) < 4.78 is 17.8. The van der Waals surface area contributed by atoms with Crippen molar-refractivity contribution in [2.24, 2.45) is 10.9 Å². The van der Waals surface area contributed by atoms with E-state index in [0.717, 1.165) is 0 Å². The third-order valence-corrected chi connectivity index (χ3v) is 1.73. The van der Waals surface area contributed by atoms with E-state index in [1.165, 1.54) is 25.5 Å². The van der Waals surface area contributed by atoms with Gasteiger partial charge in [-0.25, -0.2) is 4.39 Å². The zero-order chi connectivity index (χ0) is 9.84. The van der Waals surface area contributed by atoms with Gasteiger partial charge in [-0.1, -0.05) is 11.6 Å². The molecule has 0 amide bonds. The molecule has 0 aliphatic heterocycles. The summed E-state index contributed by atoms with van der Waals surface area (Å²) in [6, 6.07) is 2.75. The van der Waals surface area contributed by atoms with Gasteiger partial charge in [-0.05, 0) is 17.7 Å². The zero-order valence-electron chi connectivity index (χ0n) is 6.92. The molecule has 1 rings (SSSR count). The van der Waals surface area contributed by atoms with Crippen LogP contribution in [0.3, 0.4) is 0 Å². The molecule has 0 aliphatic carbocycles. The Morgan fingerprint density at radius 2 is 2.31 bits per heavy atom. The number of ether oxygens (including phenoxy) is 1. The Bertz CT molecular complexity index is 318. The van der Waals surface area contributed by atoms with E-state index in [2.05, 4.69) is 5.10 Å². The fourth-order valence-corrected chi connectivity index (χ4v) is 1.23. The molecule has 0 radical (unpaired) electrons. The second-order valence-corrected chi connectivity index (χ2v) is 2.70. The van der Waals surface area contributed by atoms with Gasteiger partial charge in [0.25, 0.3) is 0 Å². The molecule has 0 saturated carbocycles. The van der Waals surface area contributed by atoms with Gasteiger partial charge in [0.15, 0.2) is 11.6 Å². The van der Waals surface area contributed by atoms with Gasteiger partial charge in [0.1, 0.15) is 0 Å². The number of benzene rings is 1. The predicted molar refractivity (Wildman–Crippen MR) is 49.7 cm³/mol. The molecule has 0 bridgehead atoms. The molecular weight excluding hydrogens is 195 g/mol. The van der Waals surface area contributed by atoms with Crippen molar-refractivity contribution in [3.63, 3.8) is 0 Å². The normalized spacial score (nSPS) is 10.7.